The van der Waals surface area contributed by atoms with Gasteiger partial charge in [-0.3, -0.25) is 0 Å². The van der Waals surface area contributed by atoms with E-state index in [9.17, 15) is 12.8 Å². The van der Waals surface area contributed by atoms with Crippen LogP contribution in [0.15, 0.2) is 58.3 Å². The quantitative estimate of drug-likeness (QED) is 0.793. The second kappa shape index (κ2) is 6.11. The Morgan fingerprint density at radius 2 is 1.67 bits per heavy atom. The Morgan fingerprint density at radius 1 is 1.00 bits per heavy atom. The zero-order chi connectivity index (χ0) is 15.5. The second-order valence-electron chi connectivity index (χ2n) is 4.86. The van der Waals surface area contributed by atoms with Crippen LogP contribution in [0.2, 0.25) is 0 Å². The van der Waals surface area contributed by atoms with Crippen LogP contribution in [-0.4, -0.2) is 8.42 Å². The summed E-state index contributed by atoms with van der Waals surface area (Å²) in [4.78, 5) is -0.276. The van der Waals surface area contributed by atoms with E-state index in [0.29, 0.717) is 0 Å². The molecule has 0 saturated heterocycles. The second-order valence-corrected chi connectivity index (χ2v) is 6.78. The Hall–Kier alpha value is -2.12. The minimum atomic E-state index is -3.87. The summed E-state index contributed by atoms with van der Waals surface area (Å²) >= 11 is 0. The fraction of sp³-hybridized carbons (Fsp3) is 0.176. The molecule has 0 heterocycles. The summed E-state index contributed by atoms with van der Waals surface area (Å²) in [6, 6.07) is 12.1. The van der Waals surface area contributed by atoms with Crippen molar-refractivity contribution >= 4 is 9.84 Å². The number of halogens is 1. The third kappa shape index (κ3) is 3.32. The SMILES string of the molecule is CC(C)C#Cc1cccc(S(=O)(=O)c2ccccc2)c1F. The van der Waals surface area contributed by atoms with Crippen molar-refractivity contribution in [2.24, 2.45) is 5.92 Å². The Morgan fingerprint density at radius 3 is 2.29 bits per heavy atom. The van der Waals surface area contributed by atoms with Gasteiger partial charge in [0, 0.05) is 5.92 Å². The molecular formula is C17H15FO2S. The van der Waals surface area contributed by atoms with Crippen LogP contribution >= 0.6 is 0 Å². The van der Waals surface area contributed by atoms with Gasteiger partial charge in [-0.05, 0) is 24.3 Å². The number of benzene rings is 2. The maximum absolute atomic E-state index is 14.4. The van der Waals surface area contributed by atoms with E-state index >= 15 is 0 Å². The van der Waals surface area contributed by atoms with E-state index in [1.54, 1.807) is 18.2 Å². The molecule has 0 bridgehead atoms. The monoisotopic (exact) mass is 302 g/mol. The molecule has 0 spiro atoms. The third-order valence-corrected chi connectivity index (χ3v) is 4.59. The van der Waals surface area contributed by atoms with Crippen molar-refractivity contribution in [1.82, 2.24) is 0 Å². The molecule has 0 aromatic heterocycles. The Kier molecular flexibility index (Phi) is 4.44. The molecule has 0 amide bonds. The van der Waals surface area contributed by atoms with Crippen LogP contribution < -0.4 is 0 Å². The summed E-state index contributed by atoms with van der Waals surface area (Å²) in [5.74, 6) is 4.81. The first-order valence-corrected chi connectivity index (χ1v) is 8.01. The lowest BCUT2D eigenvalue weighted by molar-refractivity contribution is 0.565. The predicted molar refractivity (Wildman–Crippen MR) is 80.0 cm³/mol. The van der Waals surface area contributed by atoms with Crippen LogP contribution in [0.4, 0.5) is 4.39 Å². The van der Waals surface area contributed by atoms with Crippen molar-refractivity contribution in [3.8, 4) is 11.8 Å². The fourth-order valence-corrected chi connectivity index (χ4v) is 3.14. The van der Waals surface area contributed by atoms with Crippen LogP contribution in [0.3, 0.4) is 0 Å². The maximum atomic E-state index is 14.4. The summed E-state index contributed by atoms with van der Waals surface area (Å²) in [5, 5.41) is 0. The smallest absolute Gasteiger partial charge is 0.209 e. The lowest BCUT2D eigenvalue weighted by atomic mass is 10.1. The molecule has 0 N–H and O–H groups in total. The van der Waals surface area contributed by atoms with Crippen molar-refractivity contribution in [3.05, 3.63) is 59.9 Å². The van der Waals surface area contributed by atoms with Crippen molar-refractivity contribution < 1.29 is 12.8 Å². The lowest BCUT2D eigenvalue weighted by Crippen LogP contribution is -2.05. The highest BCUT2D eigenvalue weighted by Gasteiger charge is 2.22. The Balaban J connectivity index is 2.57. The van der Waals surface area contributed by atoms with Gasteiger partial charge in [-0.25, -0.2) is 12.8 Å². The van der Waals surface area contributed by atoms with Gasteiger partial charge >= 0.3 is 0 Å². The molecule has 0 fully saturated rings. The average molecular weight is 302 g/mol. The van der Waals surface area contributed by atoms with E-state index in [1.807, 2.05) is 13.8 Å². The summed E-state index contributed by atoms with van der Waals surface area (Å²) in [6.45, 7) is 3.77. The molecule has 0 saturated carbocycles. The topological polar surface area (TPSA) is 34.1 Å². The number of hydrogen-bond donors (Lipinski definition) is 0. The molecule has 108 valence electrons. The molecule has 0 aliphatic carbocycles. The van der Waals surface area contributed by atoms with Gasteiger partial charge in [0.25, 0.3) is 0 Å². The van der Waals surface area contributed by atoms with Crippen molar-refractivity contribution in [2.75, 3.05) is 0 Å². The van der Waals surface area contributed by atoms with E-state index in [1.165, 1.54) is 30.3 Å². The average Bonchev–Trinajstić information content (AvgIpc) is 2.46. The fourth-order valence-electron chi connectivity index (χ4n) is 1.76. The molecule has 0 aliphatic heterocycles. The standard InChI is InChI=1S/C17H15FO2S/c1-13(2)11-12-14-7-6-10-16(17(14)18)21(19,20)15-8-4-3-5-9-15/h3-10,13H,1-2H3. The van der Waals surface area contributed by atoms with Crippen LogP contribution in [-0.2, 0) is 9.84 Å². The number of sulfone groups is 1. The highest BCUT2D eigenvalue weighted by molar-refractivity contribution is 7.91. The third-order valence-electron chi connectivity index (χ3n) is 2.80. The van der Waals surface area contributed by atoms with E-state index in [-0.39, 0.29) is 21.3 Å². The van der Waals surface area contributed by atoms with Gasteiger partial charge in [0.05, 0.1) is 10.5 Å². The van der Waals surface area contributed by atoms with E-state index in [0.717, 1.165) is 0 Å². The van der Waals surface area contributed by atoms with Gasteiger partial charge in [-0.15, -0.1) is 0 Å². The van der Waals surface area contributed by atoms with Crippen LogP contribution in [0.5, 0.6) is 0 Å². The maximum Gasteiger partial charge on any atom is 0.209 e. The normalized spacial score (nSPS) is 11.0. The van der Waals surface area contributed by atoms with E-state index in [4.69, 9.17) is 0 Å². The first-order valence-electron chi connectivity index (χ1n) is 6.53. The number of rotatable bonds is 2. The van der Waals surface area contributed by atoms with Gasteiger partial charge in [0.1, 0.15) is 4.90 Å². The minimum Gasteiger partial charge on any atom is -0.218 e. The van der Waals surface area contributed by atoms with Crippen molar-refractivity contribution in [3.63, 3.8) is 0 Å². The first-order chi connectivity index (χ1) is 9.93. The minimum absolute atomic E-state index is 0.0675. The molecule has 21 heavy (non-hydrogen) atoms. The summed E-state index contributed by atoms with van der Waals surface area (Å²) in [5.41, 5.74) is 0.0979. The zero-order valence-electron chi connectivity index (χ0n) is 11.8. The highest BCUT2D eigenvalue weighted by Crippen LogP contribution is 2.24. The van der Waals surface area contributed by atoms with E-state index in [2.05, 4.69) is 11.8 Å². The number of hydrogen-bond acceptors (Lipinski definition) is 2. The predicted octanol–water partition coefficient (Wildman–Crippen LogP) is 3.67. The summed E-state index contributed by atoms with van der Waals surface area (Å²) < 4.78 is 39.3. The van der Waals surface area contributed by atoms with Crippen molar-refractivity contribution in [2.45, 2.75) is 23.6 Å². The van der Waals surface area contributed by atoms with Crippen LogP contribution in [0, 0.1) is 23.6 Å². The van der Waals surface area contributed by atoms with E-state index < -0.39 is 15.7 Å². The van der Waals surface area contributed by atoms with Crippen LogP contribution in [0.1, 0.15) is 19.4 Å². The molecule has 2 aromatic rings. The highest BCUT2D eigenvalue weighted by atomic mass is 32.2. The molecular weight excluding hydrogens is 287 g/mol. The molecule has 2 rings (SSSR count). The molecule has 0 radical (unpaired) electrons. The van der Waals surface area contributed by atoms with Gasteiger partial charge in [0.2, 0.25) is 9.84 Å². The Bertz CT molecular complexity index is 798. The summed E-state index contributed by atoms with van der Waals surface area (Å²) in [7, 11) is -3.87. The summed E-state index contributed by atoms with van der Waals surface area (Å²) in [6.07, 6.45) is 0. The van der Waals surface area contributed by atoms with Crippen LogP contribution in [0.25, 0.3) is 0 Å². The Labute approximate surface area is 124 Å². The molecule has 0 unspecified atom stereocenters. The molecule has 2 aromatic carbocycles. The largest absolute Gasteiger partial charge is 0.218 e. The van der Waals surface area contributed by atoms with Gasteiger partial charge in [-0.1, -0.05) is 50.0 Å². The first kappa shape index (κ1) is 15.3. The molecule has 2 nitrogen and oxygen atoms in total. The lowest BCUT2D eigenvalue weighted by Gasteiger charge is -2.06. The van der Waals surface area contributed by atoms with Gasteiger partial charge in [-0.2, -0.15) is 0 Å². The van der Waals surface area contributed by atoms with Gasteiger partial charge < -0.3 is 0 Å². The molecule has 0 atom stereocenters. The molecule has 4 heteroatoms. The van der Waals surface area contributed by atoms with Gasteiger partial charge in [0.15, 0.2) is 5.82 Å². The zero-order valence-corrected chi connectivity index (χ0v) is 12.6. The van der Waals surface area contributed by atoms with Crippen molar-refractivity contribution in [1.29, 1.82) is 0 Å². The molecule has 0 aliphatic rings.